The lowest BCUT2D eigenvalue weighted by Crippen LogP contribution is -2.72. The highest BCUT2D eigenvalue weighted by Gasteiger charge is 2.63. The zero-order valence-corrected chi connectivity index (χ0v) is 14.8. The van der Waals surface area contributed by atoms with Crippen molar-refractivity contribution >= 4 is 0 Å². The minimum Gasteiger partial charge on any atom is -0.349 e. The van der Waals surface area contributed by atoms with Crippen molar-refractivity contribution in [2.45, 2.75) is 84.6 Å². The van der Waals surface area contributed by atoms with Crippen LogP contribution < -0.4 is 0 Å². The highest BCUT2D eigenvalue weighted by Crippen LogP contribution is 2.53. The Morgan fingerprint density at radius 2 is 1.57 bits per heavy atom. The first-order valence-corrected chi connectivity index (χ1v) is 8.31. The molecular weight excluding hydrogens is 266 g/mol. The summed E-state index contributed by atoms with van der Waals surface area (Å²) in [5, 5.41) is 14.3. The predicted molar refractivity (Wildman–Crippen MR) is 82.1 cm³/mol. The number of hydroxylamine groups is 2. The van der Waals surface area contributed by atoms with Crippen molar-refractivity contribution in [1.29, 1.82) is 0 Å². The number of rotatable bonds is 2. The SMILES string of the molecule is CCC1(C)CC2(OCC(C)(C)CO2)C(C)C(C)(CC)N1[O]. The maximum Gasteiger partial charge on any atom is 0.174 e. The Labute approximate surface area is 129 Å². The minimum atomic E-state index is -0.619. The standard InChI is InChI=1S/C17H32NO3/c1-8-15(6)10-17(20-11-14(4,5)12-21-17)13(3)16(7,9-2)18(15)19/h13H,8-12H2,1-7H3. The van der Waals surface area contributed by atoms with Crippen molar-refractivity contribution in [3.8, 4) is 0 Å². The van der Waals surface area contributed by atoms with Crippen molar-refractivity contribution in [2.24, 2.45) is 11.3 Å². The number of hydrogen-bond donors (Lipinski definition) is 0. The molecular formula is C17H32NO3. The summed E-state index contributed by atoms with van der Waals surface area (Å²) in [6.07, 6.45) is 2.24. The summed E-state index contributed by atoms with van der Waals surface area (Å²) >= 11 is 0. The van der Waals surface area contributed by atoms with E-state index in [9.17, 15) is 5.21 Å². The Morgan fingerprint density at radius 3 is 2.00 bits per heavy atom. The summed E-state index contributed by atoms with van der Waals surface area (Å²) in [5.41, 5.74) is -0.839. The first-order chi connectivity index (χ1) is 9.55. The van der Waals surface area contributed by atoms with Gasteiger partial charge in [-0.2, -0.15) is 0 Å². The van der Waals surface area contributed by atoms with Gasteiger partial charge < -0.3 is 9.47 Å². The van der Waals surface area contributed by atoms with Crippen molar-refractivity contribution in [1.82, 2.24) is 5.06 Å². The topological polar surface area (TPSA) is 41.6 Å². The van der Waals surface area contributed by atoms with Gasteiger partial charge in [0.25, 0.3) is 0 Å². The molecule has 123 valence electrons. The summed E-state index contributed by atoms with van der Waals surface area (Å²) in [6.45, 7) is 16.1. The molecule has 0 aromatic rings. The molecule has 0 aromatic heterocycles. The lowest BCUT2D eigenvalue weighted by atomic mass is 9.67. The van der Waals surface area contributed by atoms with Crippen LogP contribution >= 0.6 is 0 Å². The van der Waals surface area contributed by atoms with E-state index in [1.54, 1.807) is 0 Å². The zero-order valence-electron chi connectivity index (χ0n) is 14.8. The van der Waals surface area contributed by atoms with Crippen LogP contribution in [0.3, 0.4) is 0 Å². The van der Waals surface area contributed by atoms with E-state index in [0.29, 0.717) is 19.6 Å². The molecule has 0 bridgehead atoms. The third kappa shape index (κ3) is 2.54. The second-order valence-corrected chi connectivity index (χ2v) is 8.31. The summed E-state index contributed by atoms with van der Waals surface area (Å²) in [6, 6.07) is 0. The fraction of sp³-hybridized carbons (Fsp3) is 1.00. The molecule has 1 radical (unpaired) electrons. The molecule has 0 aliphatic carbocycles. The molecule has 1 spiro atoms. The monoisotopic (exact) mass is 298 g/mol. The van der Waals surface area contributed by atoms with Crippen LogP contribution in [0.25, 0.3) is 0 Å². The first-order valence-electron chi connectivity index (χ1n) is 8.31. The fourth-order valence-corrected chi connectivity index (χ4v) is 3.81. The van der Waals surface area contributed by atoms with E-state index < -0.39 is 16.9 Å². The molecule has 2 aliphatic heterocycles. The van der Waals surface area contributed by atoms with Crippen molar-refractivity contribution < 1.29 is 14.7 Å². The highest BCUT2D eigenvalue weighted by atomic mass is 16.7. The Kier molecular flexibility index (Phi) is 4.25. The fourth-order valence-electron chi connectivity index (χ4n) is 3.81. The quantitative estimate of drug-likeness (QED) is 0.779. The lowest BCUT2D eigenvalue weighted by Gasteiger charge is -2.62. The lowest BCUT2D eigenvalue weighted by molar-refractivity contribution is -0.412. The van der Waals surface area contributed by atoms with Gasteiger partial charge in [0, 0.05) is 17.8 Å². The van der Waals surface area contributed by atoms with Crippen LogP contribution in [0, 0.1) is 11.3 Å². The second-order valence-electron chi connectivity index (χ2n) is 8.31. The van der Waals surface area contributed by atoms with Gasteiger partial charge in [-0.25, -0.2) is 0 Å². The van der Waals surface area contributed by atoms with Crippen molar-refractivity contribution in [2.75, 3.05) is 13.2 Å². The maximum atomic E-state index is 13.0. The van der Waals surface area contributed by atoms with E-state index in [0.717, 1.165) is 12.8 Å². The summed E-state index contributed by atoms with van der Waals surface area (Å²) in [5.74, 6) is -0.574. The van der Waals surface area contributed by atoms with Crippen molar-refractivity contribution in [3.63, 3.8) is 0 Å². The Hall–Kier alpha value is -0.160. The van der Waals surface area contributed by atoms with Crippen LogP contribution in [-0.2, 0) is 14.7 Å². The molecule has 2 fully saturated rings. The minimum absolute atomic E-state index is 0.0447. The molecule has 2 rings (SSSR count). The van der Waals surface area contributed by atoms with Crippen LogP contribution in [0.2, 0.25) is 0 Å². The van der Waals surface area contributed by atoms with Gasteiger partial charge in [0.1, 0.15) is 0 Å². The smallest absolute Gasteiger partial charge is 0.174 e. The van der Waals surface area contributed by atoms with Gasteiger partial charge in [0.15, 0.2) is 5.79 Å². The molecule has 2 saturated heterocycles. The highest BCUT2D eigenvalue weighted by molar-refractivity contribution is 5.08. The third-order valence-corrected chi connectivity index (χ3v) is 6.07. The summed E-state index contributed by atoms with van der Waals surface area (Å²) < 4.78 is 12.6. The predicted octanol–water partition coefficient (Wildman–Crippen LogP) is 3.78. The van der Waals surface area contributed by atoms with Crippen LogP contribution in [0.5, 0.6) is 0 Å². The number of ether oxygens (including phenoxy) is 2. The van der Waals surface area contributed by atoms with Gasteiger partial charge in [-0.05, 0) is 26.7 Å². The van der Waals surface area contributed by atoms with E-state index in [4.69, 9.17) is 9.47 Å². The third-order valence-electron chi connectivity index (χ3n) is 6.07. The van der Waals surface area contributed by atoms with E-state index in [1.165, 1.54) is 5.06 Å². The van der Waals surface area contributed by atoms with E-state index in [2.05, 4.69) is 41.5 Å². The van der Waals surface area contributed by atoms with Crippen LogP contribution in [0.4, 0.5) is 0 Å². The van der Waals surface area contributed by atoms with Gasteiger partial charge in [0.2, 0.25) is 0 Å². The van der Waals surface area contributed by atoms with Crippen molar-refractivity contribution in [3.05, 3.63) is 0 Å². The van der Waals surface area contributed by atoms with Gasteiger partial charge in [-0.1, -0.05) is 34.6 Å². The molecule has 0 N–H and O–H groups in total. The average Bonchev–Trinajstić information content (AvgIpc) is 2.46. The van der Waals surface area contributed by atoms with E-state index in [1.807, 2.05) is 6.92 Å². The van der Waals surface area contributed by atoms with Gasteiger partial charge in [-0.15, -0.1) is 10.3 Å². The molecule has 3 atom stereocenters. The molecule has 4 heteroatoms. The maximum absolute atomic E-state index is 13.0. The van der Waals surface area contributed by atoms with Crippen LogP contribution in [0.1, 0.15) is 67.7 Å². The number of hydrogen-bond acceptors (Lipinski definition) is 3. The Balaban J connectivity index is 2.39. The van der Waals surface area contributed by atoms with Gasteiger partial charge >= 0.3 is 0 Å². The largest absolute Gasteiger partial charge is 0.349 e. The second kappa shape index (κ2) is 5.19. The van der Waals surface area contributed by atoms with Gasteiger partial charge in [0.05, 0.1) is 24.3 Å². The normalized spacial score (nSPS) is 43.1. The van der Waals surface area contributed by atoms with Gasteiger partial charge in [-0.3, -0.25) is 0 Å². The molecule has 0 amide bonds. The molecule has 3 unspecified atom stereocenters. The average molecular weight is 298 g/mol. The molecule has 0 saturated carbocycles. The van der Waals surface area contributed by atoms with E-state index >= 15 is 0 Å². The first kappa shape index (κ1) is 17.2. The Bertz CT molecular complexity index is 387. The zero-order chi connectivity index (χ0) is 16.1. The van der Waals surface area contributed by atoms with Crippen LogP contribution in [-0.4, -0.2) is 35.1 Å². The Morgan fingerprint density at radius 1 is 1.05 bits per heavy atom. The molecule has 21 heavy (non-hydrogen) atoms. The molecule has 2 aliphatic rings. The molecule has 2 heterocycles. The summed E-state index contributed by atoms with van der Waals surface area (Å²) in [4.78, 5) is 0. The summed E-state index contributed by atoms with van der Waals surface area (Å²) in [7, 11) is 0. The number of piperidine rings is 1. The molecule has 4 nitrogen and oxygen atoms in total. The van der Waals surface area contributed by atoms with Crippen LogP contribution in [0.15, 0.2) is 0 Å². The molecule has 0 aromatic carbocycles. The van der Waals surface area contributed by atoms with E-state index in [-0.39, 0.29) is 11.3 Å². The number of nitrogens with zero attached hydrogens (tertiary/aromatic N) is 1.